The van der Waals surface area contributed by atoms with E-state index in [1.807, 2.05) is 6.20 Å². The Morgan fingerprint density at radius 3 is 2.70 bits per heavy atom. The number of piperidine rings is 1. The van der Waals surface area contributed by atoms with E-state index >= 15 is 0 Å². The molecule has 2 aliphatic rings. The minimum Gasteiger partial charge on any atom is -0.396 e. The molecule has 6 heteroatoms. The fourth-order valence-corrected chi connectivity index (χ4v) is 4.83. The minimum absolute atomic E-state index is 0.293. The molecule has 3 rings (SSSR count). The number of aliphatic hydroxyl groups is 1. The molecule has 1 unspecified atom stereocenters. The van der Waals surface area contributed by atoms with Crippen LogP contribution in [0.4, 0.5) is 0 Å². The fraction of sp³-hybridized carbons (Fsp3) is 0.824. The minimum atomic E-state index is 0.293. The summed E-state index contributed by atoms with van der Waals surface area (Å²) in [6, 6.07) is 1.20. The van der Waals surface area contributed by atoms with Gasteiger partial charge in [-0.1, -0.05) is 0 Å². The number of aliphatic hydroxyl groups excluding tert-OH is 1. The van der Waals surface area contributed by atoms with Crippen molar-refractivity contribution in [2.45, 2.75) is 44.8 Å². The van der Waals surface area contributed by atoms with Gasteiger partial charge in [-0.25, -0.2) is 4.98 Å². The van der Waals surface area contributed by atoms with Crippen molar-refractivity contribution in [1.29, 1.82) is 0 Å². The summed E-state index contributed by atoms with van der Waals surface area (Å²) in [6.45, 7) is 9.12. The van der Waals surface area contributed by atoms with Crippen molar-refractivity contribution in [1.82, 2.24) is 19.7 Å². The van der Waals surface area contributed by atoms with Crippen LogP contribution in [0.2, 0.25) is 0 Å². The summed E-state index contributed by atoms with van der Waals surface area (Å²) in [6.07, 6.45) is 5.45. The molecule has 0 bridgehead atoms. The summed E-state index contributed by atoms with van der Waals surface area (Å²) >= 11 is 1.80. The van der Waals surface area contributed by atoms with Crippen molar-refractivity contribution in [2.75, 3.05) is 46.4 Å². The predicted octanol–water partition coefficient (Wildman–Crippen LogP) is 1.41. The first-order valence-corrected chi connectivity index (χ1v) is 9.66. The van der Waals surface area contributed by atoms with Crippen LogP contribution in [0.5, 0.6) is 0 Å². The molecule has 0 aliphatic carbocycles. The maximum Gasteiger partial charge on any atom is 0.0897 e. The number of aromatic nitrogens is 1. The van der Waals surface area contributed by atoms with Crippen molar-refractivity contribution in [3.63, 3.8) is 0 Å². The summed E-state index contributed by atoms with van der Waals surface area (Å²) in [5.41, 5.74) is 0. The zero-order chi connectivity index (χ0) is 16.2. The highest BCUT2D eigenvalue weighted by atomic mass is 32.1. The molecule has 3 heterocycles. The van der Waals surface area contributed by atoms with Gasteiger partial charge in [0.1, 0.15) is 0 Å². The topological polar surface area (TPSA) is 42.8 Å². The Bertz CT molecular complexity index is 487. The van der Waals surface area contributed by atoms with E-state index in [9.17, 15) is 5.11 Å². The van der Waals surface area contributed by atoms with E-state index < -0.39 is 0 Å². The first kappa shape index (κ1) is 17.3. The van der Waals surface area contributed by atoms with Crippen LogP contribution in [0.25, 0.3) is 0 Å². The number of hydrogen-bond acceptors (Lipinski definition) is 6. The van der Waals surface area contributed by atoms with Crippen molar-refractivity contribution in [2.24, 2.45) is 0 Å². The molecule has 1 N–H and O–H groups in total. The second-order valence-corrected chi connectivity index (χ2v) is 8.34. The van der Waals surface area contributed by atoms with Gasteiger partial charge >= 0.3 is 0 Å². The van der Waals surface area contributed by atoms with Gasteiger partial charge < -0.3 is 10.0 Å². The van der Waals surface area contributed by atoms with Crippen LogP contribution in [-0.2, 0) is 6.54 Å². The lowest BCUT2D eigenvalue weighted by molar-refractivity contribution is 0.00627. The summed E-state index contributed by atoms with van der Waals surface area (Å²) in [5, 5.41) is 10.6. The third kappa shape index (κ3) is 4.51. The molecule has 2 fully saturated rings. The molecule has 5 nitrogen and oxygen atoms in total. The molecule has 2 saturated heterocycles. The molecule has 1 aromatic heterocycles. The van der Waals surface area contributed by atoms with Crippen LogP contribution in [0, 0.1) is 6.92 Å². The SMILES string of the molecule is Cc1ncc(CN2CCN(C3CCN(C)CC3)C(CCO)C2)s1. The first-order valence-electron chi connectivity index (χ1n) is 8.84. The second kappa shape index (κ2) is 8.03. The molecule has 0 amide bonds. The van der Waals surface area contributed by atoms with Gasteiger partial charge in [-0.15, -0.1) is 11.3 Å². The standard InChI is InChI=1S/C17H30N4OS/c1-14-18-11-17(23-14)13-20-8-9-21(16(12-20)5-10-22)15-3-6-19(2)7-4-15/h11,15-16,22H,3-10,12-13H2,1-2H3. The second-order valence-electron chi connectivity index (χ2n) is 7.02. The summed E-state index contributed by atoms with van der Waals surface area (Å²) in [4.78, 5) is 13.4. The highest BCUT2D eigenvalue weighted by Gasteiger charge is 2.33. The summed E-state index contributed by atoms with van der Waals surface area (Å²) < 4.78 is 0. The van der Waals surface area contributed by atoms with Gasteiger partial charge in [0.2, 0.25) is 0 Å². The Hall–Kier alpha value is -0.530. The number of aryl methyl sites for hydroxylation is 1. The number of rotatable bonds is 5. The Morgan fingerprint density at radius 1 is 1.26 bits per heavy atom. The van der Waals surface area contributed by atoms with E-state index in [0.717, 1.165) is 37.6 Å². The van der Waals surface area contributed by atoms with Crippen LogP contribution < -0.4 is 0 Å². The van der Waals surface area contributed by atoms with Crippen LogP contribution in [-0.4, -0.2) is 83.3 Å². The van der Waals surface area contributed by atoms with E-state index in [-0.39, 0.29) is 0 Å². The van der Waals surface area contributed by atoms with Gasteiger partial charge in [-0.3, -0.25) is 9.80 Å². The molecular weight excluding hydrogens is 308 g/mol. The van der Waals surface area contributed by atoms with E-state index in [1.54, 1.807) is 11.3 Å². The van der Waals surface area contributed by atoms with Crippen LogP contribution >= 0.6 is 11.3 Å². The quantitative estimate of drug-likeness (QED) is 0.879. The number of likely N-dealkylation sites (tertiary alicyclic amines) is 1. The van der Waals surface area contributed by atoms with Gasteiger partial charge in [-0.2, -0.15) is 0 Å². The average Bonchev–Trinajstić information content (AvgIpc) is 2.94. The monoisotopic (exact) mass is 338 g/mol. The molecule has 0 saturated carbocycles. The number of thiazole rings is 1. The van der Waals surface area contributed by atoms with Gasteiger partial charge in [-0.05, 0) is 46.3 Å². The van der Waals surface area contributed by atoms with Crippen molar-refractivity contribution in [3.8, 4) is 0 Å². The van der Waals surface area contributed by atoms with Gasteiger partial charge in [0.25, 0.3) is 0 Å². The lowest BCUT2D eigenvalue weighted by Crippen LogP contribution is -2.58. The Morgan fingerprint density at radius 2 is 2.04 bits per heavy atom. The molecule has 0 radical (unpaired) electrons. The van der Waals surface area contributed by atoms with E-state index in [1.165, 1.54) is 30.8 Å². The van der Waals surface area contributed by atoms with Crippen molar-refractivity contribution >= 4 is 11.3 Å². The van der Waals surface area contributed by atoms with Gasteiger partial charge in [0.15, 0.2) is 0 Å². The molecule has 23 heavy (non-hydrogen) atoms. The molecule has 0 spiro atoms. The zero-order valence-electron chi connectivity index (χ0n) is 14.4. The van der Waals surface area contributed by atoms with E-state index in [2.05, 4.69) is 33.7 Å². The summed E-state index contributed by atoms with van der Waals surface area (Å²) in [5.74, 6) is 0. The lowest BCUT2D eigenvalue weighted by Gasteiger charge is -2.47. The maximum absolute atomic E-state index is 9.49. The Kier molecular flexibility index (Phi) is 6.04. The highest BCUT2D eigenvalue weighted by molar-refractivity contribution is 7.11. The lowest BCUT2D eigenvalue weighted by atomic mass is 9.98. The highest BCUT2D eigenvalue weighted by Crippen LogP contribution is 2.24. The third-order valence-corrected chi connectivity index (χ3v) is 6.18. The van der Waals surface area contributed by atoms with Gasteiger partial charge in [0.05, 0.1) is 5.01 Å². The average molecular weight is 339 g/mol. The zero-order valence-corrected chi connectivity index (χ0v) is 15.3. The van der Waals surface area contributed by atoms with E-state index in [0.29, 0.717) is 18.7 Å². The van der Waals surface area contributed by atoms with E-state index in [4.69, 9.17) is 0 Å². The molecule has 2 aliphatic heterocycles. The maximum atomic E-state index is 9.49. The number of hydrogen-bond donors (Lipinski definition) is 1. The normalized spacial score (nSPS) is 26.0. The predicted molar refractivity (Wildman–Crippen MR) is 94.8 cm³/mol. The number of piperazine rings is 1. The van der Waals surface area contributed by atoms with Crippen LogP contribution in [0.15, 0.2) is 6.20 Å². The molecule has 1 aromatic rings. The van der Waals surface area contributed by atoms with Crippen molar-refractivity contribution < 1.29 is 5.11 Å². The fourth-order valence-electron chi connectivity index (χ4n) is 3.99. The molecule has 0 aromatic carbocycles. The molecule has 130 valence electrons. The van der Waals surface area contributed by atoms with Crippen LogP contribution in [0.1, 0.15) is 29.1 Å². The Labute approximate surface area is 143 Å². The molecule has 1 atom stereocenters. The van der Waals surface area contributed by atoms with Crippen molar-refractivity contribution in [3.05, 3.63) is 16.1 Å². The largest absolute Gasteiger partial charge is 0.396 e. The first-order chi connectivity index (χ1) is 11.2. The number of nitrogens with zero attached hydrogens (tertiary/aromatic N) is 4. The Balaban J connectivity index is 1.58. The van der Waals surface area contributed by atoms with Gasteiger partial charge in [0, 0.05) is 55.9 Å². The summed E-state index contributed by atoms with van der Waals surface area (Å²) in [7, 11) is 2.22. The molecular formula is C17H30N4OS. The third-order valence-electron chi connectivity index (χ3n) is 5.28. The smallest absolute Gasteiger partial charge is 0.0897 e. The van der Waals surface area contributed by atoms with Crippen LogP contribution in [0.3, 0.4) is 0 Å².